The average Bonchev–Trinajstić information content (AvgIpc) is 2.85. The van der Waals surface area contributed by atoms with Crippen molar-refractivity contribution < 1.29 is 17.9 Å². The first-order chi connectivity index (χ1) is 13.4. The second kappa shape index (κ2) is 9.37. The molecular weight excluding hydrogens is 389 g/mol. The number of nitrogens with one attached hydrogen (secondary N) is 1. The van der Waals surface area contributed by atoms with Gasteiger partial charge in [0.15, 0.2) is 5.82 Å². The zero-order valence-electron chi connectivity index (χ0n) is 15.9. The molecule has 28 heavy (non-hydrogen) atoms. The Labute approximate surface area is 167 Å². The lowest BCUT2D eigenvalue weighted by molar-refractivity contribution is -0.178. The highest BCUT2D eigenvalue weighted by Gasteiger charge is 2.41. The summed E-state index contributed by atoms with van der Waals surface area (Å²) in [7, 11) is 0. The summed E-state index contributed by atoms with van der Waals surface area (Å²) in [4.78, 5) is 4.59. The molecule has 0 aliphatic heterocycles. The highest BCUT2D eigenvalue weighted by molar-refractivity contribution is 7.99. The predicted molar refractivity (Wildman–Crippen MR) is 106 cm³/mol. The van der Waals surface area contributed by atoms with Gasteiger partial charge in [-0.3, -0.25) is 4.40 Å². The van der Waals surface area contributed by atoms with Gasteiger partial charge in [-0.1, -0.05) is 13.0 Å². The lowest BCUT2D eigenvalue weighted by atomic mass is 9.98. The van der Waals surface area contributed by atoms with Gasteiger partial charge in [-0.05, 0) is 49.5 Å². The molecule has 3 atom stereocenters. The molecule has 2 aromatic heterocycles. The summed E-state index contributed by atoms with van der Waals surface area (Å²) in [5, 5.41) is 4.22. The molecule has 2 unspecified atom stereocenters. The molecule has 0 aromatic carbocycles. The van der Waals surface area contributed by atoms with Crippen LogP contribution in [0, 0.1) is 11.8 Å². The molecule has 9 heteroatoms. The Hall–Kier alpha value is -1.45. The van der Waals surface area contributed by atoms with Crippen molar-refractivity contribution in [2.24, 2.45) is 17.6 Å². The van der Waals surface area contributed by atoms with Crippen LogP contribution in [0.4, 0.5) is 19.0 Å². The molecule has 3 rings (SSSR count). The first-order valence-corrected chi connectivity index (χ1v) is 10.6. The molecule has 5 nitrogen and oxygen atoms in total. The summed E-state index contributed by atoms with van der Waals surface area (Å²) in [5.74, 6) is 0.429. The Bertz CT molecular complexity index is 767. The summed E-state index contributed by atoms with van der Waals surface area (Å²) >= 11 is 1.69. The van der Waals surface area contributed by atoms with Crippen LogP contribution in [0.25, 0.3) is 5.65 Å². The van der Waals surface area contributed by atoms with Crippen LogP contribution in [-0.4, -0.2) is 40.7 Å². The minimum absolute atomic E-state index is 0.0110. The van der Waals surface area contributed by atoms with Crippen LogP contribution in [0.1, 0.15) is 32.6 Å². The molecule has 0 saturated heterocycles. The fourth-order valence-corrected chi connectivity index (χ4v) is 4.54. The number of anilines is 1. The van der Waals surface area contributed by atoms with Gasteiger partial charge >= 0.3 is 6.18 Å². The number of fused-ring (bicyclic) bond motifs is 1. The summed E-state index contributed by atoms with van der Waals surface area (Å²) in [6.45, 7) is 2.74. The van der Waals surface area contributed by atoms with Gasteiger partial charge in [0, 0.05) is 12.2 Å². The maximum atomic E-state index is 13.0. The van der Waals surface area contributed by atoms with Gasteiger partial charge in [0.2, 0.25) is 0 Å². The lowest BCUT2D eigenvalue weighted by Gasteiger charge is -2.19. The summed E-state index contributed by atoms with van der Waals surface area (Å²) in [5.41, 5.74) is 6.77. The Morgan fingerprint density at radius 3 is 2.89 bits per heavy atom. The molecule has 1 fully saturated rings. The zero-order chi connectivity index (χ0) is 20.1. The number of imidazole rings is 1. The highest BCUT2D eigenvalue weighted by Crippen LogP contribution is 2.38. The van der Waals surface area contributed by atoms with Crippen molar-refractivity contribution in [1.82, 2.24) is 9.38 Å². The van der Waals surface area contributed by atoms with E-state index < -0.39 is 18.1 Å². The van der Waals surface area contributed by atoms with Crippen molar-refractivity contribution in [3.63, 3.8) is 0 Å². The number of hydrogen-bond donors (Lipinski definition) is 2. The van der Waals surface area contributed by atoms with Crippen LogP contribution < -0.4 is 11.1 Å². The maximum Gasteiger partial charge on any atom is 0.391 e. The van der Waals surface area contributed by atoms with Gasteiger partial charge in [0.1, 0.15) is 17.4 Å². The molecule has 2 aromatic rings. The quantitative estimate of drug-likeness (QED) is 0.301. The molecule has 0 spiro atoms. The number of alkyl halides is 3. The van der Waals surface area contributed by atoms with Crippen molar-refractivity contribution in [2.45, 2.75) is 49.9 Å². The number of thioether (sulfide) groups is 1. The van der Waals surface area contributed by atoms with E-state index in [1.165, 1.54) is 0 Å². The topological polar surface area (TPSA) is 64.6 Å². The van der Waals surface area contributed by atoms with Crippen molar-refractivity contribution in [3.05, 3.63) is 24.4 Å². The van der Waals surface area contributed by atoms with Crippen LogP contribution >= 0.6 is 11.8 Å². The van der Waals surface area contributed by atoms with E-state index >= 15 is 0 Å². The molecule has 1 aliphatic rings. The van der Waals surface area contributed by atoms with Crippen molar-refractivity contribution in [2.75, 3.05) is 24.4 Å². The molecule has 0 bridgehead atoms. The smallest absolute Gasteiger partial charge is 0.361 e. The second-order valence-electron chi connectivity index (χ2n) is 7.23. The monoisotopic (exact) mass is 416 g/mol. The Balaban J connectivity index is 1.52. The Morgan fingerprint density at radius 2 is 2.14 bits per heavy atom. The number of halogens is 3. The third kappa shape index (κ3) is 5.33. The Morgan fingerprint density at radius 1 is 1.32 bits per heavy atom. The van der Waals surface area contributed by atoms with E-state index in [-0.39, 0.29) is 25.5 Å². The predicted octanol–water partition coefficient (Wildman–Crippen LogP) is 4.53. The van der Waals surface area contributed by atoms with E-state index in [0.29, 0.717) is 19.4 Å². The van der Waals surface area contributed by atoms with E-state index in [4.69, 9.17) is 10.5 Å². The van der Waals surface area contributed by atoms with Crippen LogP contribution in [0.15, 0.2) is 29.4 Å². The number of rotatable bonds is 7. The number of aromatic nitrogens is 2. The highest BCUT2D eigenvalue weighted by atomic mass is 32.2. The Kier molecular flexibility index (Phi) is 7.11. The van der Waals surface area contributed by atoms with Gasteiger partial charge in [0.25, 0.3) is 0 Å². The summed E-state index contributed by atoms with van der Waals surface area (Å²) in [6.07, 6.45) is -0.998. The van der Waals surface area contributed by atoms with Crippen LogP contribution in [0.2, 0.25) is 0 Å². The van der Waals surface area contributed by atoms with Crippen LogP contribution in [0.5, 0.6) is 0 Å². The molecule has 2 heterocycles. The van der Waals surface area contributed by atoms with Gasteiger partial charge in [0.05, 0.1) is 12.5 Å². The third-order valence-electron chi connectivity index (χ3n) is 5.07. The number of hydrogen-bond acceptors (Lipinski definition) is 5. The normalized spacial score (nSPS) is 23.7. The largest absolute Gasteiger partial charge is 0.391 e. The lowest BCUT2D eigenvalue weighted by Crippen LogP contribution is -2.30. The minimum atomic E-state index is -4.16. The van der Waals surface area contributed by atoms with Gasteiger partial charge < -0.3 is 15.8 Å². The molecule has 1 saturated carbocycles. The fraction of sp³-hybridized carbons (Fsp3) is 0.632. The molecule has 1 aliphatic carbocycles. The van der Waals surface area contributed by atoms with E-state index in [1.807, 2.05) is 28.8 Å². The maximum absolute atomic E-state index is 13.0. The van der Waals surface area contributed by atoms with Crippen molar-refractivity contribution in [1.29, 1.82) is 0 Å². The minimum Gasteiger partial charge on any atom is -0.361 e. The molecule has 0 radical (unpaired) electrons. The standard InChI is InChI=1S/C19H27F3N4OS/c1-2-28-18-17(25-16-5-3-4-8-26(16)18)24-12-27-11-13-6-7-14(19(20,21)22)10-15(23)9-13/h3-5,8,13-15,24H,2,6-7,9-12,23H2,1H3/t13?,14-,15?/m0/s1. The molecular formula is C19H27F3N4OS. The fourth-order valence-electron chi connectivity index (χ4n) is 3.72. The van der Waals surface area contributed by atoms with Gasteiger partial charge in [-0.15, -0.1) is 11.8 Å². The van der Waals surface area contributed by atoms with Gasteiger partial charge in [-0.2, -0.15) is 13.2 Å². The van der Waals surface area contributed by atoms with Crippen LogP contribution in [0.3, 0.4) is 0 Å². The first-order valence-electron chi connectivity index (χ1n) is 9.62. The number of nitrogens with zero attached hydrogens (tertiary/aromatic N) is 2. The van der Waals surface area contributed by atoms with Crippen molar-refractivity contribution in [3.8, 4) is 0 Å². The van der Waals surface area contributed by atoms with Crippen LogP contribution in [-0.2, 0) is 4.74 Å². The molecule has 3 N–H and O–H groups in total. The second-order valence-corrected chi connectivity index (χ2v) is 8.49. The van der Waals surface area contributed by atoms with E-state index in [9.17, 15) is 13.2 Å². The number of ether oxygens (including phenoxy) is 1. The summed E-state index contributed by atoms with van der Waals surface area (Å²) < 4.78 is 46.7. The van der Waals surface area contributed by atoms with E-state index in [0.717, 1.165) is 22.2 Å². The number of pyridine rings is 1. The van der Waals surface area contributed by atoms with Gasteiger partial charge in [-0.25, -0.2) is 4.98 Å². The van der Waals surface area contributed by atoms with E-state index in [2.05, 4.69) is 17.2 Å². The molecule has 0 amide bonds. The van der Waals surface area contributed by atoms with E-state index in [1.54, 1.807) is 11.8 Å². The molecule has 156 valence electrons. The number of nitrogens with two attached hydrogens (primary N) is 1. The zero-order valence-corrected chi connectivity index (χ0v) is 16.7. The van der Waals surface area contributed by atoms with Crippen molar-refractivity contribution >= 4 is 23.2 Å². The third-order valence-corrected chi connectivity index (χ3v) is 6.02. The summed E-state index contributed by atoms with van der Waals surface area (Å²) in [6, 6.07) is 5.40. The SMILES string of the molecule is CCSc1c(NCOCC2CC[C@H](C(F)(F)F)CC(N)C2)nc2ccccn12. The first kappa shape index (κ1) is 21.3. The average molecular weight is 417 g/mol.